The van der Waals surface area contributed by atoms with Crippen LogP contribution in [0.25, 0.3) is 0 Å². The molecule has 1 fully saturated rings. The average Bonchev–Trinajstić information content (AvgIpc) is 2.68. The molecular formula is C14H18N2O8. The fourth-order valence-corrected chi connectivity index (χ4v) is 2.55. The predicted molar refractivity (Wildman–Crippen MR) is 78.0 cm³/mol. The molecule has 0 amide bonds. The van der Waals surface area contributed by atoms with Crippen LogP contribution in [0.4, 0.5) is 0 Å². The van der Waals surface area contributed by atoms with Crippen molar-refractivity contribution in [1.82, 2.24) is 9.55 Å². The zero-order valence-corrected chi connectivity index (χ0v) is 13.3. The summed E-state index contributed by atoms with van der Waals surface area (Å²) >= 11 is 0. The van der Waals surface area contributed by atoms with Crippen LogP contribution in [0, 0.1) is 0 Å². The Morgan fingerprint density at radius 2 is 2.04 bits per heavy atom. The fraction of sp³-hybridized carbons (Fsp3) is 0.571. The van der Waals surface area contributed by atoms with Gasteiger partial charge in [0.2, 0.25) is 0 Å². The Balaban J connectivity index is 2.38. The van der Waals surface area contributed by atoms with Crippen molar-refractivity contribution in [2.24, 2.45) is 0 Å². The van der Waals surface area contributed by atoms with Crippen molar-refractivity contribution in [2.45, 2.75) is 44.8 Å². The first-order valence-corrected chi connectivity index (χ1v) is 7.13. The molecule has 4 atom stereocenters. The molecule has 1 aromatic heterocycles. The molecule has 0 radical (unpaired) electrons. The second-order valence-corrected chi connectivity index (χ2v) is 5.60. The number of aromatic nitrogens is 2. The summed E-state index contributed by atoms with van der Waals surface area (Å²) in [7, 11) is 0. The fourth-order valence-electron chi connectivity index (χ4n) is 2.55. The zero-order chi connectivity index (χ0) is 18.1. The Morgan fingerprint density at radius 3 is 2.58 bits per heavy atom. The van der Waals surface area contributed by atoms with Crippen LogP contribution >= 0.6 is 0 Å². The third kappa shape index (κ3) is 3.54. The second-order valence-electron chi connectivity index (χ2n) is 5.60. The summed E-state index contributed by atoms with van der Waals surface area (Å²) in [6, 6.07) is 1.08. The minimum absolute atomic E-state index is 0.280. The number of aromatic amines is 1. The Bertz CT molecular complexity index is 750. The number of ether oxygens (including phenoxy) is 3. The van der Waals surface area contributed by atoms with Crippen LogP contribution in [-0.2, 0) is 23.8 Å². The van der Waals surface area contributed by atoms with Gasteiger partial charge in [0.1, 0.15) is 18.3 Å². The Kier molecular flexibility index (Phi) is 4.90. The summed E-state index contributed by atoms with van der Waals surface area (Å²) in [5.74, 6) is -1.25. The van der Waals surface area contributed by atoms with Gasteiger partial charge in [-0.1, -0.05) is 0 Å². The van der Waals surface area contributed by atoms with Crippen molar-refractivity contribution in [1.29, 1.82) is 0 Å². The average molecular weight is 342 g/mol. The summed E-state index contributed by atoms with van der Waals surface area (Å²) in [5.41, 5.74) is -3.22. The van der Waals surface area contributed by atoms with Gasteiger partial charge in [-0.3, -0.25) is 23.9 Å². The summed E-state index contributed by atoms with van der Waals surface area (Å²) in [5, 5.41) is 10.8. The summed E-state index contributed by atoms with van der Waals surface area (Å²) in [6.45, 7) is 3.38. The summed E-state index contributed by atoms with van der Waals surface area (Å²) < 4.78 is 16.5. The molecule has 1 aromatic rings. The van der Waals surface area contributed by atoms with E-state index in [2.05, 4.69) is 0 Å². The van der Waals surface area contributed by atoms with Crippen molar-refractivity contribution in [2.75, 3.05) is 6.61 Å². The molecular weight excluding hydrogens is 324 g/mol. The molecule has 1 saturated heterocycles. The van der Waals surface area contributed by atoms with Crippen LogP contribution in [0.3, 0.4) is 0 Å². The highest BCUT2D eigenvalue weighted by atomic mass is 16.6. The van der Waals surface area contributed by atoms with Gasteiger partial charge in [0.25, 0.3) is 5.56 Å². The van der Waals surface area contributed by atoms with E-state index in [1.54, 1.807) is 0 Å². The standard InChI is InChI=1S/C14H18N2O8/c1-7(17)22-6-9-11(23-8(2)18)14(3,21)12(24-9)16-5-4-10(19)15-13(16)20/h4-5,9,11-12,21H,6H2,1-3H3,(H,15,19,20)/t9?,11-,12?,14+/m1/s1. The summed E-state index contributed by atoms with van der Waals surface area (Å²) in [4.78, 5) is 47.5. The third-order valence-corrected chi connectivity index (χ3v) is 3.56. The SMILES string of the molecule is CC(=O)OCC1OC(n2ccc(=O)[nH]c2=O)[C@@](C)(O)[C@@H]1OC(C)=O. The topological polar surface area (TPSA) is 137 Å². The van der Waals surface area contributed by atoms with Crippen LogP contribution in [0.2, 0.25) is 0 Å². The first-order chi connectivity index (χ1) is 11.1. The van der Waals surface area contributed by atoms with Crippen molar-refractivity contribution in [3.05, 3.63) is 33.1 Å². The molecule has 0 saturated carbocycles. The molecule has 2 heterocycles. The van der Waals surface area contributed by atoms with E-state index < -0.39 is 47.2 Å². The van der Waals surface area contributed by atoms with Gasteiger partial charge in [0.15, 0.2) is 12.3 Å². The molecule has 0 bridgehead atoms. The van der Waals surface area contributed by atoms with Gasteiger partial charge in [0.05, 0.1) is 0 Å². The molecule has 10 heteroatoms. The molecule has 10 nitrogen and oxygen atoms in total. The van der Waals surface area contributed by atoms with Gasteiger partial charge in [-0.15, -0.1) is 0 Å². The Labute approximate surface area is 136 Å². The number of carbonyl (C=O) groups excluding carboxylic acids is 2. The van der Waals surface area contributed by atoms with Gasteiger partial charge in [0, 0.05) is 26.1 Å². The lowest BCUT2D eigenvalue weighted by Crippen LogP contribution is -2.48. The molecule has 1 aliphatic rings. The van der Waals surface area contributed by atoms with E-state index >= 15 is 0 Å². The highest BCUT2D eigenvalue weighted by Gasteiger charge is 2.56. The number of hydrogen-bond donors (Lipinski definition) is 2. The van der Waals surface area contributed by atoms with E-state index in [4.69, 9.17) is 14.2 Å². The largest absolute Gasteiger partial charge is 0.463 e. The first kappa shape index (κ1) is 17.9. The summed E-state index contributed by atoms with van der Waals surface area (Å²) in [6.07, 6.45) is -2.28. The predicted octanol–water partition coefficient (Wildman–Crippen LogP) is -1.32. The van der Waals surface area contributed by atoms with E-state index in [9.17, 15) is 24.3 Å². The van der Waals surface area contributed by atoms with E-state index in [1.807, 2.05) is 4.98 Å². The minimum atomic E-state index is -1.81. The van der Waals surface area contributed by atoms with Gasteiger partial charge >= 0.3 is 17.6 Å². The quantitative estimate of drug-likeness (QED) is 0.643. The molecule has 132 valence electrons. The van der Waals surface area contributed by atoms with Crippen molar-refractivity contribution < 1.29 is 28.9 Å². The number of nitrogens with zero attached hydrogens (tertiary/aromatic N) is 1. The van der Waals surface area contributed by atoms with Crippen LogP contribution in [0.5, 0.6) is 0 Å². The number of H-pyrrole nitrogens is 1. The smallest absolute Gasteiger partial charge is 0.330 e. The molecule has 0 aromatic carbocycles. The van der Waals surface area contributed by atoms with Crippen LogP contribution in [0.1, 0.15) is 27.0 Å². The van der Waals surface area contributed by atoms with Gasteiger partial charge < -0.3 is 19.3 Å². The van der Waals surface area contributed by atoms with Crippen molar-refractivity contribution in [3.8, 4) is 0 Å². The van der Waals surface area contributed by atoms with Crippen LogP contribution < -0.4 is 11.2 Å². The molecule has 1 aliphatic heterocycles. The molecule has 2 rings (SSSR count). The highest BCUT2D eigenvalue weighted by Crippen LogP contribution is 2.39. The number of esters is 2. The van der Waals surface area contributed by atoms with Gasteiger partial charge in [-0.05, 0) is 6.92 Å². The maximum atomic E-state index is 11.9. The molecule has 0 spiro atoms. The van der Waals surface area contributed by atoms with Crippen LogP contribution in [-0.4, -0.2) is 51.0 Å². The van der Waals surface area contributed by atoms with Gasteiger partial charge in [-0.2, -0.15) is 0 Å². The van der Waals surface area contributed by atoms with Crippen LogP contribution in [0.15, 0.2) is 21.9 Å². The second kappa shape index (κ2) is 6.57. The Hall–Kier alpha value is -2.46. The lowest BCUT2D eigenvalue weighted by molar-refractivity contribution is -0.163. The third-order valence-electron chi connectivity index (χ3n) is 3.56. The molecule has 2 unspecified atom stereocenters. The van der Waals surface area contributed by atoms with E-state index in [-0.39, 0.29) is 6.61 Å². The highest BCUT2D eigenvalue weighted by molar-refractivity contribution is 5.66. The van der Waals surface area contributed by atoms with Gasteiger partial charge in [-0.25, -0.2) is 4.79 Å². The van der Waals surface area contributed by atoms with E-state index in [0.717, 1.165) is 23.8 Å². The molecule has 0 aliphatic carbocycles. The number of aliphatic hydroxyl groups is 1. The zero-order valence-electron chi connectivity index (χ0n) is 13.3. The van der Waals surface area contributed by atoms with E-state index in [1.165, 1.54) is 13.8 Å². The number of carbonyl (C=O) groups is 2. The van der Waals surface area contributed by atoms with E-state index in [0.29, 0.717) is 0 Å². The molecule has 24 heavy (non-hydrogen) atoms. The van der Waals surface area contributed by atoms with Crippen molar-refractivity contribution in [3.63, 3.8) is 0 Å². The maximum absolute atomic E-state index is 11.9. The minimum Gasteiger partial charge on any atom is -0.463 e. The van der Waals surface area contributed by atoms with Crippen molar-refractivity contribution >= 4 is 11.9 Å². The lowest BCUT2D eigenvalue weighted by atomic mass is 9.96. The maximum Gasteiger partial charge on any atom is 0.330 e. The Morgan fingerprint density at radius 1 is 1.38 bits per heavy atom. The lowest BCUT2D eigenvalue weighted by Gasteiger charge is -2.29. The first-order valence-electron chi connectivity index (χ1n) is 7.13. The molecule has 2 N–H and O–H groups in total. The normalized spacial score (nSPS) is 29.2. The monoisotopic (exact) mass is 342 g/mol. The number of hydrogen-bond acceptors (Lipinski definition) is 8. The number of nitrogens with one attached hydrogen (secondary N) is 1. The number of rotatable bonds is 4.